The van der Waals surface area contributed by atoms with Crippen molar-refractivity contribution in [3.63, 3.8) is 0 Å². The highest BCUT2D eigenvalue weighted by molar-refractivity contribution is 5.95. The zero-order valence-corrected chi connectivity index (χ0v) is 10.9. The SMILES string of the molecule is Cc1cc(C)nc(NNC(=O)c2c(F)cccc2F)n1. The first-order valence-corrected chi connectivity index (χ1v) is 5.80. The molecule has 0 aliphatic rings. The van der Waals surface area contributed by atoms with E-state index in [9.17, 15) is 13.6 Å². The number of hydrogen-bond acceptors (Lipinski definition) is 4. The maximum atomic E-state index is 13.4. The smallest absolute Gasteiger partial charge is 0.267 e. The van der Waals surface area contributed by atoms with Crippen molar-refractivity contribution in [2.75, 3.05) is 5.43 Å². The first-order chi connectivity index (χ1) is 9.47. The van der Waals surface area contributed by atoms with Gasteiger partial charge in [-0.1, -0.05) is 6.07 Å². The number of anilines is 1. The molecule has 104 valence electrons. The molecule has 7 heteroatoms. The highest BCUT2D eigenvalue weighted by Crippen LogP contribution is 2.11. The average molecular weight is 278 g/mol. The number of carbonyl (C=O) groups excluding carboxylic acids is 1. The Morgan fingerprint density at radius 2 is 1.65 bits per heavy atom. The third-order valence-electron chi connectivity index (χ3n) is 2.46. The van der Waals surface area contributed by atoms with Crippen LogP contribution in [0.15, 0.2) is 24.3 Å². The molecular formula is C13H12F2N4O. The Morgan fingerprint density at radius 1 is 1.10 bits per heavy atom. The number of aryl methyl sites for hydroxylation is 2. The van der Waals surface area contributed by atoms with E-state index in [0.717, 1.165) is 12.1 Å². The van der Waals surface area contributed by atoms with Gasteiger partial charge in [0.05, 0.1) is 0 Å². The lowest BCUT2D eigenvalue weighted by molar-refractivity contribution is 0.0954. The summed E-state index contributed by atoms with van der Waals surface area (Å²) in [4.78, 5) is 19.8. The molecule has 0 unspecified atom stereocenters. The number of hydrazine groups is 1. The van der Waals surface area contributed by atoms with Gasteiger partial charge >= 0.3 is 0 Å². The van der Waals surface area contributed by atoms with E-state index in [-0.39, 0.29) is 5.95 Å². The van der Waals surface area contributed by atoms with Crippen molar-refractivity contribution in [3.8, 4) is 0 Å². The molecule has 0 aliphatic heterocycles. The highest BCUT2D eigenvalue weighted by atomic mass is 19.1. The Labute approximate surface area is 114 Å². The molecule has 0 fully saturated rings. The van der Waals surface area contributed by atoms with Gasteiger partial charge in [0.2, 0.25) is 5.95 Å². The summed E-state index contributed by atoms with van der Waals surface area (Å²) in [6, 6.07) is 4.95. The molecule has 1 aromatic carbocycles. The Bertz CT molecular complexity index is 620. The Hall–Kier alpha value is -2.57. The topological polar surface area (TPSA) is 66.9 Å². The van der Waals surface area contributed by atoms with Crippen LogP contribution in [0, 0.1) is 25.5 Å². The van der Waals surface area contributed by atoms with Gasteiger partial charge in [-0.25, -0.2) is 18.7 Å². The van der Waals surface area contributed by atoms with Crippen molar-refractivity contribution in [2.45, 2.75) is 13.8 Å². The highest BCUT2D eigenvalue weighted by Gasteiger charge is 2.16. The maximum absolute atomic E-state index is 13.4. The van der Waals surface area contributed by atoms with Crippen LogP contribution in [-0.4, -0.2) is 15.9 Å². The zero-order chi connectivity index (χ0) is 14.7. The van der Waals surface area contributed by atoms with Crippen LogP contribution in [0.25, 0.3) is 0 Å². The van der Waals surface area contributed by atoms with Crippen LogP contribution >= 0.6 is 0 Å². The molecule has 0 aliphatic carbocycles. The standard InChI is InChI=1S/C13H12F2N4O/c1-7-6-8(2)17-13(16-7)19-18-12(20)11-9(14)4-3-5-10(11)15/h3-6H,1-2H3,(H,18,20)(H,16,17,19). The van der Waals surface area contributed by atoms with Gasteiger partial charge in [-0.05, 0) is 32.0 Å². The average Bonchev–Trinajstić information content (AvgIpc) is 2.35. The molecule has 2 aromatic rings. The summed E-state index contributed by atoms with van der Waals surface area (Å²) in [6.45, 7) is 3.52. The predicted octanol–water partition coefficient (Wildman–Crippen LogP) is 2.13. The quantitative estimate of drug-likeness (QED) is 0.844. The molecule has 2 N–H and O–H groups in total. The van der Waals surface area contributed by atoms with Gasteiger partial charge in [-0.3, -0.25) is 15.6 Å². The summed E-state index contributed by atoms with van der Waals surface area (Å²) in [5.41, 5.74) is 5.32. The molecule has 1 heterocycles. The summed E-state index contributed by atoms with van der Waals surface area (Å²) in [5, 5.41) is 0. The van der Waals surface area contributed by atoms with E-state index in [1.54, 1.807) is 19.9 Å². The number of aromatic nitrogens is 2. The van der Waals surface area contributed by atoms with Gasteiger partial charge in [0.1, 0.15) is 17.2 Å². The summed E-state index contributed by atoms with van der Waals surface area (Å²) in [6.07, 6.45) is 0. The third kappa shape index (κ3) is 3.05. The van der Waals surface area contributed by atoms with Crippen LogP contribution in [0.1, 0.15) is 21.7 Å². The van der Waals surface area contributed by atoms with Crippen molar-refractivity contribution in [3.05, 3.63) is 52.9 Å². The van der Waals surface area contributed by atoms with E-state index in [4.69, 9.17) is 0 Å². The molecule has 0 bridgehead atoms. The second-order valence-corrected chi connectivity index (χ2v) is 4.15. The predicted molar refractivity (Wildman–Crippen MR) is 69.0 cm³/mol. The van der Waals surface area contributed by atoms with Gasteiger partial charge in [0.15, 0.2) is 0 Å². The molecular weight excluding hydrogens is 266 g/mol. The third-order valence-corrected chi connectivity index (χ3v) is 2.46. The number of benzene rings is 1. The molecule has 0 atom stereocenters. The molecule has 1 aromatic heterocycles. The molecule has 5 nitrogen and oxygen atoms in total. The maximum Gasteiger partial charge on any atom is 0.275 e. The number of amides is 1. The number of halogens is 2. The first-order valence-electron chi connectivity index (χ1n) is 5.80. The molecule has 20 heavy (non-hydrogen) atoms. The number of nitrogens with zero attached hydrogens (tertiary/aromatic N) is 2. The van der Waals surface area contributed by atoms with Crippen LogP contribution in [0.3, 0.4) is 0 Å². The lowest BCUT2D eigenvalue weighted by Gasteiger charge is -2.09. The van der Waals surface area contributed by atoms with E-state index in [0.29, 0.717) is 11.4 Å². The van der Waals surface area contributed by atoms with E-state index >= 15 is 0 Å². The van der Waals surface area contributed by atoms with Crippen LogP contribution in [-0.2, 0) is 0 Å². The zero-order valence-electron chi connectivity index (χ0n) is 10.9. The van der Waals surface area contributed by atoms with Crippen molar-refractivity contribution >= 4 is 11.9 Å². The fraction of sp³-hybridized carbons (Fsp3) is 0.154. The lowest BCUT2D eigenvalue weighted by Crippen LogP contribution is -2.32. The fourth-order valence-corrected chi connectivity index (χ4v) is 1.67. The summed E-state index contributed by atoms with van der Waals surface area (Å²) < 4.78 is 26.8. The Kier molecular flexibility index (Phi) is 3.88. The number of rotatable bonds is 3. The van der Waals surface area contributed by atoms with E-state index in [1.807, 2.05) is 0 Å². The summed E-state index contributed by atoms with van der Waals surface area (Å²) >= 11 is 0. The molecule has 0 spiro atoms. The van der Waals surface area contributed by atoms with Gasteiger partial charge < -0.3 is 0 Å². The molecule has 0 radical (unpaired) electrons. The Balaban J connectivity index is 2.13. The minimum atomic E-state index is -0.941. The van der Waals surface area contributed by atoms with Crippen LogP contribution in [0.5, 0.6) is 0 Å². The second kappa shape index (κ2) is 5.60. The van der Waals surface area contributed by atoms with Crippen molar-refractivity contribution in [1.82, 2.24) is 15.4 Å². The van der Waals surface area contributed by atoms with Crippen molar-refractivity contribution < 1.29 is 13.6 Å². The fourth-order valence-electron chi connectivity index (χ4n) is 1.67. The van der Waals surface area contributed by atoms with Crippen LogP contribution < -0.4 is 10.9 Å². The minimum absolute atomic E-state index is 0.146. The number of carbonyl (C=O) groups is 1. The van der Waals surface area contributed by atoms with E-state index < -0.39 is 23.1 Å². The van der Waals surface area contributed by atoms with Gasteiger partial charge in [0, 0.05) is 11.4 Å². The summed E-state index contributed by atoms with van der Waals surface area (Å²) in [5.74, 6) is -2.67. The normalized spacial score (nSPS) is 10.2. The number of hydrogen-bond donors (Lipinski definition) is 2. The van der Waals surface area contributed by atoms with E-state index in [2.05, 4.69) is 20.8 Å². The lowest BCUT2D eigenvalue weighted by atomic mass is 10.2. The largest absolute Gasteiger partial charge is 0.275 e. The molecule has 0 saturated carbocycles. The van der Waals surface area contributed by atoms with Gasteiger partial charge in [-0.15, -0.1) is 0 Å². The second-order valence-electron chi connectivity index (χ2n) is 4.15. The van der Waals surface area contributed by atoms with Crippen molar-refractivity contribution in [1.29, 1.82) is 0 Å². The molecule has 1 amide bonds. The molecule has 0 saturated heterocycles. The molecule has 2 rings (SSSR count). The first kappa shape index (κ1) is 13.9. The van der Waals surface area contributed by atoms with Crippen LogP contribution in [0.4, 0.5) is 14.7 Å². The van der Waals surface area contributed by atoms with Crippen LogP contribution in [0.2, 0.25) is 0 Å². The monoisotopic (exact) mass is 278 g/mol. The Morgan fingerprint density at radius 3 is 2.20 bits per heavy atom. The van der Waals surface area contributed by atoms with Gasteiger partial charge in [0.25, 0.3) is 5.91 Å². The summed E-state index contributed by atoms with van der Waals surface area (Å²) in [7, 11) is 0. The van der Waals surface area contributed by atoms with Crippen molar-refractivity contribution in [2.24, 2.45) is 0 Å². The minimum Gasteiger partial charge on any atom is -0.267 e. The van der Waals surface area contributed by atoms with Gasteiger partial charge in [-0.2, -0.15) is 0 Å². The number of nitrogens with one attached hydrogen (secondary N) is 2. The van der Waals surface area contributed by atoms with E-state index in [1.165, 1.54) is 6.07 Å².